The van der Waals surface area contributed by atoms with Crippen LogP contribution in [0.5, 0.6) is 0 Å². The molecule has 2 nitrogen and oxygen atoms in total. The van der Waals surface area contributed by atoms with Crippen molar-refractivity contribution >= 4 is 0 Å². The molecule has 0 aliphatic carbocycles. The van der Waals surface area contributed by atoms with E-state index in [1.54, 1.807) is 12.5 Å². The van der Waals surface area contributed by atoms with Gasteiger partial charge in [-0.15, -0.1) is 0 Å². The van der Waals surface area contributed by atoms with Crippen molar-refractivity contribution in [1.82, 2.24) is 0 Å². The summed E-state index contributed by atoms with van der Waals surface area (Å²) in [6, 6.07) is 11.5. The first-order valence-corrected chi connectivity index (χ1v) is 4.97. The van der Waals surface area contributed by atoms with Crippen molar-refractivity contribution in [3.05, 3.63) is 60.1 Å². The topological polar surface area (TPSA) is 33.4 Å². The number of furan rings is 1. The smallest absolute Gasteiger partial charge is 0.0935 e. The van der Waals surface area contributed by atoms with Crippen molar-refractivity contribution in [2.75, 3.05) is 0 Å². The summed E-state index contributed by atoms with van der Waals surface area (Å²) in [6.07, 6.45) is 3.85. The van der Waals surface area contributed by atoms with Gasteiger partial charge in [-0.05, 0) is 24.1 Å². The third-order valence-electron chi connectivity index (χ3n) is 2.52. The second-order valence-electron chi connectivity index (χ2n) is 3.95. The van der Waals surface area contributed by atoms with Crippen LogP contribution in [0.2, 0.25) is 0 Å². The molecule has 15 heavy (non-hydrogen) atoms. The molecule has 1 atom stereocenters. The number of benzene rings is 1. The normalized spacial score (nSPS) is 14.8. The van der Waals surface area contributed by atoms with Gasteiger partial charge < -0.3 is 9.52 Å². The Morgan fingerprint density at radius 3 is 2.53 bits per heavy atom. The predicted molar refractivity (Wildman–Crippen MR) is 58.4 cm³/mol. The van der Waals surface area contributed by atoms with Crippen LogP contribution in [0.25, 0.3) is 0 Å². The quantitative estimate of drug-likeness (QED) is 0.830. The average Bonchev–Trinajstić information content (AvgIpc) is 2.71. The minimum atomic E-state index is -0.842. The van der Waals surface area contributed by atoms with Crippen LogP contribution < -0.4 is 0 Å². The lowest BCUT2D eigenvalue weighted by atomic mass is 9.90. The van der Waals surface area contributed by atoms with Crippen LogP contribution in [0.4, 0.5) is 0 Å². The Balaban J connectivity index is 2.20. The van der Waals surface area contributed by atoms with Gasteiger partial charge in [0.1, 0.15) is 0 Å². The first-order valence-electron chi connectivity index (χ1n) is 4.97. The lowest BCUT2D eigenvalue weighted by molar-refractivity contribution is 0.0575. The highest BCUT2D eigenvalue weighted by atomic mass is 16.3. The summed E-state index contributed by atoms with van der Waals surface area (Å²) in [7, 11) is 0. The van der Waals surface area contributed by atoms with Gasteiger partial charge in [-0.2, -0.15) is 0 Å². The standard InChI is InChI=1S/C13H14O2/c1-13(14,9-11-7-8-15-10-11)12-5-3-2-4-6-12/h2-8,10,14H,9H2,1H3. The third kappa shape index (κ3) is 2.28. The molecule has 0 fully saturated rings. The Morgan fingerprint density at radius 1 is 1.20 bits per heavy atom. The van der Waals surface area contributed by atoms with Crippen LogP contribution in [0, 0.1) is 0 Å². The first kappa shape index (κ1) is 9.99. The second kappa shape index (κ2) is 3.91. The molecule has 2 aromatic rings. The number of aliphatic hydroxyl groups is 1. The molecule has 0 spiro atoms. The van der Waals surface area contributed by atoms with Crippen LogP contribution in [-0.2, 0) is 12.0 Å². The van der Waals surface area contributed by atoms with E-state index in [1.807, 2.05) is 43.3 Å². The van der Waals surface area contributed by atoms with Crippen molar-refractivity contribution in [2.24, 2.45) is 0 Å². The maximum Gasteiger partial charge on any atom is 0.0935 e. The summed E-state index contributed by atoms with van der Waals surface area (Å²) in [5.41, 5.74) is 1.08. The van der Waals surface area contributed by atoms with Crippen LogP contribution in [0.1, 0.15) is 18.1 Å². The number of rotatable bonds is 3. The van der Waals surface area contributed by atoms with Crippen molar-refractivity contribution < 1.29 is 9.52 Å². The highest BCUT2D eigenvalue weighted by molar-refractivity contribution is 5.24. The summed E-state index contributed by atoms with van der Waals surface area (Å²) < 4.78 is 4.99. The van der Waals surface area contributed by atoms with E-state index < -0.39 is 5.60 Å². The molecule has 0 aliphatic rings. The lowest BCUT2D eigenvalue weighted by Crippen LogP contribution is -2.23. The van der Waals surface area contributed by atoms with Crippen LogP contribution in [0.3, 0.4) is 0 Å². The third-order valence-corrected chi connectivity index (χ3v) is 2.52. The molecule has 1 heterocycles. The molecule has 1 N–H and O–H groups in total. The zero-order valence-corrected chi connectivity index (χ0v) is 8.68. The van der Waals surface area contributed by atoms with E-state index in [0.717, 1.165) is 11.1 Å². The van der Waals surface area contributed by atoms with E-state index in [1.165, 1.54) is 0 Å². The highest BCUT2D eigenvalue weighted by Crippen LogP contribution is 2.24. The molecule has 1 aromatic heterocycles. The molecule has 0 saturated heterocycles. The monoisotopic (exact) mass is 202 g/mol. The van der Waals surface area contributed by atoms with Gasteiger partial charge in [-0.25, -0.2) is 0 Å². The number of hydrogen-bond donors (Lipinski definition) is 1. The Bertz CT molecular complexity index is 401. The summed E-state index contributed by atoms with van der Waals surface area (Å²) in [5.74, 6) is 0. The molecule has 78 valence electrons. The molecule has 1 unspecified atom stereocenters. The minimum absolute atomic E-state index is 0.563. The van der Waals surface area contributed by atoms with E-state index in [-0.39, 0.29) is 0 Å². The minimum Gasteiger partial charge on any atom is -0.472 e. The molecular formula is C13H14O2. The van der Waals surface area contributed by atoms with Crippen LogP contribution in [0.15, 0.2) is 53.3 Å². The fraction of sp³-hybridized carbons (Fsp3) is 0.231. The molecule has 0 amide bonds. The van der Waals surface area contributed by atoms with Gasteiger partial charge in [-0.3, -0.25) is 0 Å². The molecule has 2 heteroatoms. The van der Waals surface area contributed by atoms with E-state index >= 15 is 0 Å². The summed E-state index contributed by atoms with van der Waals surface area (Å²) in [6.45, 7) is 1.81. The van der Waals surface area contributed by atoms with Gasteiger partial charge in [0.25, 0.3) is 0 Å². The average molecular weight is 202 g/mol. The molecule has 0 saturated carbocycles. The van der Waals surface area contributed by atoms with Gasteiger partial charge >= 0.3 is 0 Å². The van der Waals surface area contributed by atoms with Crippen molar-refractivity contribution in [1.29, 1.82) is 0 Å². The second-order valence-corrected chi connectivity index (χ2v) is 3.95. The molecule has 0 bridgehead atoms. The zero-order valence-electron chi connectivity index (χ0n) is 8.68. The Hall–Kier alpha value is -1.54. The highest BCUT2D eigenvalue weighted by Gasteiger charge is 2.23. The van der Waals surface area contributed by atoms with E-state index in [2.05, 4.69) is 0 Å². The Morgan fingerprint density at radius 2 is 1.93 bits per heavy atom. The van der Waals surface area contributed by atoms with E-state index in [0.29, 0.717) is 6.42 Å². The van der Waals surface area contributed by atoms with Crippen LogP contribution in [-0.4, -0.2) is 5.11 Å². The van der Waals surface area contributed by atoms with Gasteiger partial charge in [-0.1, -0.05) is 30.3 Å². The van der Waals surface area contributed by atoms with Gasteiger partial charge in [0.2, 0.25) is 0 Å². The SMILES string of the molecule is CC(O)(Cc1ccoc1)c1ccccc1. The molecule has 2 rings (SSSR count). The predicted octanol–water partition coefficient (Wildman–Crippen LogP) is 2.73. The Kier molecular flexibility index (Phi) is 2.60. The van der Waals surface area contributed by atoms with E-state index in [9.17, 15) is 5.11 Å². The summed E-state index contributed by atoms with van der Waals surface area (Å²) >= 11 is 0. The Labute approximate surface area is 89.2 Å². The number of hydrogen-bond acceptors (Lipinski definition) is 2. The molecule has 0 aliphatic heterocycles. The van der Waals surface area contributed by atoms with E-state index in [4.69, 9.17) is 4.42 Å². The molecule has 1 aromatic carbocycles. The fourth-order valence-corrected chi connectivity index (χ4v) is 1.69. The molecule has 0 radical (unpaired) electrons. The maximum absolute atomic E-state index is 10.3. The zero-order chi connectivity index (χ0) is 10.7. The summed E-state index contributed by atoms with van der Waals surface area (Å²) in [5, 5.41) is 10.3. The molecular weight excluding hydrogens is 188 g/mol. The maximum atomic E-state index is 10.3. The lowest BCUT2D eigenvalue weighted by Gasteiger charge is -2.23. The van der Waals surface area contributed by atoms with Gasteiger partial charge in [0.15, 0.2) is 0 Å². The van der Waals surface area contributed by atoms with Crippen LogP contribution >= 0.6 is 0 Å². The largest absolute Gasteiger partial charge is 0.472 e. The van der Waals surface area contributed by atoms with Gasteiger partial charge in [0.05, 0.1) is 18.1 Å². The first-order chi connectivity index (χ1) is 7.18. The van der Waals surface area contributed by atoms with Gasteiger partial charge in [0, 0.05) is 6.42 Å². The van der Waals surface area contributed by atoms with Crippen molar-refractivity contribution in [3.8, 4) is 0 Å². The fourth-order valence-electron chi connectivity index (χ4n) is 1.69. The van der Waals surface area contributed by atoms with Crippen molar-refractivity contribution in [2.45, 2.75) is 18.9 Å². The van der Waals surface area contributed by atoms with Crippen molar-refractivity contribution in [3.63, 3.8) is 0 Å². The summed E-state index contributed by atoms with van der Waals surface area (Å²) in [4.78, 5) is 0.